The molecule has 1 fully saturated rings. The Morgan fingerprint density at radius 1 is 1.24 bits per heavy atom. The van der Waals surface area contributed by atoms with E-state index in [2.05, 4.69) is 43.4 Å². The van der Waals surface area contributed by atoms with Gasteiger partial charge in [-0.2, -0.15) is 0 Å². The van der Waals surface area contributed by atoms with E-state index in [1.807, 2.05) is 0 Å². The molecule has 0 saturated carbocycles. The summed E-state index contributed by atoms with van der Waals surface area (Å²) in [4.78, 5) is 0. The summed E-state index contributed by atoms with van der Waals surface area (Å²) in [5.74, 6) is 1.77. The molecule has 1 N–H and O–H groups in total. The molecule has 1 aliphatic heterocycles. The lowest BCUT2D eigenvalue weighted by Crippen LogP contribution is -2.18. The van der Waals surface area contributed by atoms with E-state index >= 15 is 0 Å². The zero-order chi connectivity index (χ0) is 12.1. The summed E-state index contributed by atoms with van der Waals surface area (Å²) in [5.41, 5.74) is 2.86. The molecular weight excluding hydrogens is 206 g/mol. The molecule has 0 bridgehead atoms. The van der Waals surface area contributed by atoms with Gasteiger partial charge in [-0.15, -0.1) is 0 Å². The van der Waals surface area contributed by atoms with Gasteiger partial charge in [0.1, 0.15) is 0 Å². The molecule has 0 amide bonds. The minimum absolute atomic E-state index is 0.848. The second-order valence-corrected chi connectivity index (χ2v) is 5.72. The van der Waals surface area contributed by atoms with Crippen molar-refractivity contribution < 1.29 is 0 Å². The lowest BCUT2D eigenvalue weighted by molar-refractivity contribution is 0.388. The monoisotopic (exact) mass is 231 g/mol. The summed E-state index contributed by atoms with van der Waals surface area (Å²) in [6.07, 6.45) is 5.36. The summed E-state index contributed by atoms with van der Waals surface area (Å²) >= 11 is 0. The van der Waals surface area contributed by atoms with Crippen LogP contribution in [0.2, 0.25) is 0 Å². The van der Waals surface area contributed by atoms with Crippen LogP contribution in [0.4, 0.5) is 0 Å². The van der Waals surface area contributed by atoms with Crippen molar-refractivity contribution in [3.8, 4) is 0 Å². The van der Waals surface area contributed by atoms with Crippen molar-refractivity contribution in [3.05, 3.63) is 35.4 Å². The average molecular weight is 231 g/mol. The van der Waals surface area contributed by atoms with E-state index in [-0.39, 0.29) is 0 Å². The molecule has 1 saturated heterocycles. The van der Waals surface area contributed by atoms with Crippen LogP contribution in [0.3, 0.4) is 0 Å². The van der Waals surface area contributed by atoms with Crippen LogP contribution in [0, 0.1) is 18.8 Å². The molecule has 0 aliphatic carbocycles. The Kier molecular flexibility index (Phi) is 4.61. The Morgan fingerprint density at radius 2 is 2.00 bits per heavy atom. The molecule has 1 aliphatic rings. The van der Waals surface area contributed by atoms with E-state index in [0.29, 0.717) is 0 Å². The van der Waals surface area contributed by atoms with Crippen LogP contribution in [-0.2, 0) is 6.42 Å². The fourth-order valence-corrected chi connectivity index (χ4v) is 2.81. The normalized spacial score (nSPS) is 25.5. The molecular formula is C16H25N. The molecule has 94 valence electrons. The van der Waals surface area contributed by atoms with Gasteiger partial charge >= 0.3 is 0 Å². The summed E-state index contributed by atoms with van der Waals surface area (Å²) < 4.78 is 0. The summed E-state index contributed by atoms with van der Waals surface area (Å²) in [7, 11) is 0. The zero-order valence-electron chi connectivity index (χ0n) is 11.2. The van der Waals surface area contributed by atoms with Crippen molar-refractivity contribution in [2.24, 2.45) is 11.8 Å². The predicted octanol–water partition coefficient (Wildman–Crippen LogP) is 3.56. The number of rotatable bonds is 3. The van der Waals surface area contributed by atoms with Crippen LogP contribution in [0.15, 0.2) is 24.3 Å². The Morgan fingerprint density at radius 3 is 2.76 bits per heavy atom. The van der Waals surface area contributed by atoms with Gasteiger partial charge in [-0.3, -0.25) is 0 Å². The highest BCUT2D eigenvalue weighted by Crippen LogP contribution is 2.23. The van der Waals surface area contributed by atoms with Crippen molar-refractivity contribution in [2.75, 3.05) is 13.1 Å². The van der Waals surface area contributed by atoms with E-state index in [9.17, 15) is 0 Å². The molecule has 1 aromatic carbocycles. The van der Waals surface area contributed by atoms with Crippen molar-refractivity contribution in [1.29, 1.82) is 0 Å². The van der Waals surface area contributed by atoms with Crippen LogP contribution in [0.1, 0.15) is 37.3 Å². The standard InChI is InChI=1S/C16H25N/c1-13-3-5-15(6-4-13)7-8-16-9-10-17-12-14(2)11-16/h3-6,14,16-17H,7-12H2,1-2H3. The van der Waals surface area contributed by atoms with Gasteiger partial charge in [-0.25, -0.2) is 0 Å². The lowest BCUT2D eigenvalue weighted by Gasteiger charge is -2.16. The van der Waals surface area contributed by atoms with E-state index in [1.165, 1.54) is 49.9 Å². The third kappa shape index (κ3) is 4.16. The minimum Gasteiger partial charge on any atom is -0.316 e. The average Bonchev–Trinajstić information content (AvgIpc) is 2.53. The second kappa shape index (κ2) is 6.20. The fourth-order valence-electron chi connectivity index (χ4n) is 2.81. The van der Waals surface area contributed by atoms with Crippen molar-refractivity contribution >= 4 is 0 Å². The van der Waals surface area contributed by atoms with E-state index in [1.54, 1.807) is 0 Å². The fraction of sp³-hybridized carbons (Fsp3) is 0.625. The summed E-state index contributed by atoms with van der Waals surface area (Å²) in [6, 6.07) is 9.03. The molecule has 1 aromatic rings. The van der Waals surface area contributed by atoms with Gasteiger partial charge in [0.15, 0.2) is 0 Å². The highest BCUT2D eigenvalue weighted by atomic mass is 14.9. The van der Waals surface area contributed by atoms with Crippen LogP contribution in [0.25, 0.3) is 0 Å². The van der Waals surface area contributed by atoms with Gasteiger partial charge in [-0.1, -0.05) is 36.8 Å². The Labute approximate surface area is 106 Å². The maximum atomic E-state index is 3.53. The highest BCUT2D eigenvalue weighted by molar-refractivity contribution is 5.21. The number of hydrogen-bond acceptors (Lipinski definition) is 1. The molecule has 2 atom stereocenters. The van der Waals surface area contributed by atoms with Gasteiger partial charge in [-0.05, 0) is 63.1 Å². The maximum absolute atomic E-state index is 3.53. The van der Waals surface area contributed by atoms with Crippen LogP contribution >= 0.6 is 0 Å². The van der Waals surface area contributed by atoms with Crippen LogP contribution < -0.4 is 5.32 Å². The zero-order valence-corrected chi connectivity index (χ0v) is 11.2. The lowest BCUT2D eigenvalue weighted by atomic mass is 9.89. The number of nitrogens with one attached hydrogen (secondary N) is 1. The van der Waals surface area contributed by atoms with Crippen LogP contribution in [-0.4, -0.2) is 13.1 Å². The van der Waals surface area contributed by atoms with Gasteiger partial charge < -0.3 is 5.32 Å². The Bertz CT molecular complexity index is 328. The molecule has 0 aromatic heterocycles. The number of aryl methyl sites for hydroxylation is 2. The molecule has 0 spiro atoms. The van der Waals surface area contributed by atoms with Crippen LogP contribution in [0.5, 0.6) is 0 Å². The van der Waals surface area contributed by atoms with Gasteiger partial charge in [0.2, 0.25) is 0 Å². The molecule has 2 unspecified atom stereocenters. The van der Waals surface area contributed by atoms with E-state index < -0.39 is 0 Å². The second-order valence-electron chi connectivity index (χ2n) is 5.72. The van der Waals surface area contributed by atoms with Gasteiger partial charge in [0, 0.05) is 0 Å². The van der Waals surface area contributed by atoms with Crippen molar-refractivity contribution in [1.82, 2.24) is 5.32 Å². The largest absolute Gasteiger partial charge is 0.316 e. The van der Waals surface area contributed by atoms with Crippen molar-refractivity contribution in [3.63, 3.8) is 0 Å². The minimum atomic E-state index is 0.848. The molecule has 1 heterocycles. The molecule has 0 radical (unpaired) electrons. The third-order valence-electron chi connectivity index (χ3n) is 3.92. The Hall–Kier alpha value is -0.820. The Balaban J connectivity index is 1.82. The SMILES string of the molecule is Cc1ccc(CCC2CCNCC(C)C2)cc1. The van der Waals surface area contributed by atoms with E-state index in [4.69, 9.17) is 0 Å². The smallest absolute Gasteiger partial charge is 0.00231 e. The van der Waals surface area contributed by atoms with Gasteiger partial charge in [0.05, 0.1) is 0 Å². The topological polar surface area (TPSA) is 12.0 Å². The first-order chi connectivity index (χ1) is 8.24. The first kappa shape index (κ1) is 12.6. The summed E-state index contributed by atoms with van der Waals surface area (Å²) in [6.45, 7) is 6.95. The quantitative estimate of drug-likeness (QED) is 0.838. The first-order valence-electron chi connectivity index (χ1n) is 7.00. The summed E-state index contributed by atoms with van der Waals surface area (Å²) in [5, 5.41) is 3.53. The molecule has 1 heteroatoms. The van der Waals surface area contributed by atoms with Crippen molar-refractivity contribution in [2.45, 2.75) is 39.5 Å². The molecule has 1 nitrogen and oxygen atoms in total. The molecule has 2 rings (SSSR count). The molecule has 17 heavy (non-hydrogen) atoms. The number of hydrogen-bond donors (Lipinski definition) is 1. The maximum Gasteiger partial charge on any atom is -0.00231 e. The predicted molar refractivity (Wildman–Crippen MR) is 74.3 cm³/mol. The first-order valence-corrected chi connectivity index (χ1v) is 7.00. The highest BCUT2D eigenvalue weighted by Gasteiger charge is 2.16. The third-order valence-corrected chi connectivity index (χ3v) is 3.92. The van der Waals surface area contributed by atoms with E-state index in [0.717, 1.165) is 11.8 Å². The van der Waals surface area contributed by atoms with Gasteiger partial charge in [0.25, 0.3) is 0 Å². The number of benzene rings is 1.